The fourth-order valence-electron chi connectivity index (χ4n) is 2.67. The molecule has 2 aliphatic rings. The topological polar surface area (TPSA) is 24.5 Å². The molecule has 17 heavy (non-hydrogen) atoms. The van der Waals surface area contributed by atoms with E-state index in [1.54, 1.807) is 0 Å². The SMILES string of the molecule is c1ccc(C2CC(NN3CCOCC3)C2)cc1. The van der Waals surface area contributed by atoms with Gasteiger partial charge in [0.1, 0.15) is 0 Å². The molecule has 1 heterocycles. The molecule has 1 saturated heterocycles. The number of hydrogen-bond acceptors (Lipinski definition) is 3. The van der Waals surface area contributed by atoms with E-state index in [9.17, 15) is 0 Å². The second-order valence-corrected chi connectivity index (χ2v) is 5.00. The minimum atomic E-state index is 0.665. The van der Waals surface area contributed by atoms with Crippen molar-refractivity contribution in [2.45, 2.75) is 24.8 Å². The summed E-state index contributed by atoms with van der Waals surface area (Å²) in [6.07, 6.45) is 2.53. The van der Waals surface area contributed by atoms with Gasteiger partial charge in [0.25, 0.3) is 0 Å². The van der Waals surface area contributed by atoms with Crippen molar-refractivity contribution in [3.05, 3.63) is 35.9 Å². The molecule has 1 aromatic rings. The van der Waals surface area contributed by atoms with Gasteiger partial charge in [-0.3, -0.25) is 5.43 Å². The summed E-state index contributed by atoms with van der Waals surface area (Å²) in [6, 6.07) is 11.5. The van der Waals surface area contributed by atoms with Crippen molar-refractivity contribution in [3.8, 4) is 0 Å². The van der Waals surface area contributed by atoms with Gasteiger partial charge in [-0.15, -0.1) is 0 Å². The number of nitrogens with zero attached hydrogens (tertiary/aromatic N) is 1. The molecule has 1 aliphatic heterocycles. The van der Waals surface area contributed by atoms with Crippen LogP contribution < -0.4 is 5.43 Å². The molecule has 0 bridgehead atoms. The monoisotopic (exact) mass is 232 g/mol. The highest BCUT2D eigenvalue weighted by atomic mass is 16.5. The largest absolute Gasteiger partial charge is 0.379 e. The molecule has 0 unspecified atom stereocenters. The van der Waals surface area contributed by atoms with Gasteiger partial charge in [0.05, 0.1) is 13.2 Å². The van der Waals surface area contributed by atoms with Crippen LogP contribution in [0.2, 0.25) is 0 Å². The van der Waals surface area contributed by atoms with E-state index in [1.165, 1.54) is 18.4 Å². The first kappa shape index (κ1) is 11.2. The Hall–Kier alpha value is -0.900. The maximum Gasteiger partial charge on any atom is 0.0608 e. The Labute approximate surface area is 103 Å². The van der Waals surface area contributed by atoms with Crippen molar-refractivity contribution >= 4 is 0 Å². The van der Waals surface area contributed by atoms with Crippen LogP contribution in [0.5, 0.6) is 0 Å². The molecule has 0 amide bonds. The van der Waals surface area contributed by atoms with Gasteiger partial charge in [0.15, 0.2) is 0 Å². The Kier molecular flexibility index (Phi) is 3.41. The Bertz CT molecular complexity index is 342. The average molecular weight is 232 g/mol. The molecule has 3 rings (SSSR count). The van der Waals surface area contributed by atoms with Gasteiger partial charge in [-0.25, -0.2) is 5.01 Å². The number of hydrogen-bond donors (Lipinski definition) is 1. The number of hydrazine groups is 1. The van der Waals surface area contributed by atoms with Gasteiger partial charge in [0.2, 0.25) is 0 Å². The summed E-state index contributed by atoms with van der Waals surface area (Å²) in [5, 5.41) is 2.31. The summed E-state index contributed by atoms with van der Waals surface area (Å²) in [5.74, 6) is 0.759. The molecule has 0 spiro atoms. The van der Waals surface area contributed by atoms with Crippen LogP contribution in [0.4, 0.5) is 0 Å². The minimum Gasteiger partial charge on any atom is -0.379 e. The highest BCUT2D eigenvalue weighted by Crippen LogP contribution is 2.36. The zero-order valence-corrected chi connectivity index (χ0v) is 10.1. The van der Waals surface area contributed by atoms with Crippen LogP contribution in [0.3, 0.4) is 0 Å². The van der Waals surface area contributed by atoms with Crippen molar-refractivity contribution < 1.29 is 4.74 Å². The van der Waals surface area contributed by atoms with Crippen LogP contribution in [0, 0.1) is 0 Å². The summed E-state index contributed by atoms with van der Waals surface area (Å²) in [4.78, 5) is 0. The molecular weight excluding hydrogens is 212 g/mol. The fraction of sp³-hybridized carbons (Fsp3) is 0.571. The second-order valence-electron chi connectivity index (χ2n) is 5.00. The molecule has 2 fully saturated rings. The Morgan fingerprint density at radius 1 is 1.06 bits per heavy atom. The van der Waals surface area contributed by atoms with Crippen LogP contribution in [0.25, 0.3) is 0 Å². The predicted octanol–water partition coefficient (Wildman–Crippen LogP) is 1.77. The quantitative estimate of drug-likeness (QED) is 0.859. The molecule has 1 saturated carbocycles. The van der Waals surface area contributed by atoms with Crippen LogP contribution in [0.1, 0.15) is 24.3 Å². The number of ether oxygens (including phenoxy) is 1. The predicted molar refractivity (Wildman–Crippen MR) is 67.7 cm³/mol. The first-order chi connectivity index (χ1) is 8.42. The van der Waals surface area contributed by atoms with Crippen LogP contribution >= 0.6 is 0 Å². The van der Waals surface area contributed by atoms with Crippen molar-refractivity contribution in [3.63, 3.8) is 0 Å². The normalized spacial score (nSPS) is 29.9. The van der Waals surface area contributed by atoms with Gasteiger partial charge in [-0.1, -0.05) is 30.3 Å². The van der Waals surface area contributed by atoms with Gasteiger partial charge in [-0.2, -0.15) is 0 Å². The summed E-state index contributed by atoms with van der Waals surface area (Å²) < 4.78 is 5.34. The van der Waals surface area contributed by atoms with E-state index in [2.05, 4.69) is 40.8 Å². The minimum absolute atomic E-state index is 0.665. The van der Waals surface area contributed by atoms with E-state index >= 15 is 0 Å². The number of nitrogens with one attached hydrogen (secondary N) is 1. The smallest absolute Gasteiger partial charge is 0.0608 e. The van der Waals surface area contributed by atoms with E-state index < -0.39 is 0 Å². The van der Waals surface area contributed by atoms with Crippen molar-refractivity contribution in [1.82, 2.24) is 10.4 Å². The van der Waals surface area contributed by atoms with Gasteiger partial charge < -0.3 is 4.74 Å². The lowest BCUT2D eigenvalue weighted by molar-refractivity contribution is -0.00620. The molecule has 92 valence electrons. The van der Waals surface area contributed by atoms with Crippen LogP contribution in [0.15, 0.2) is 30.3 Å². The Balaban J connectivity index is 1.45. The van der Waals surface area contributed by atoms with E-state index in [0.717, 1.165) is 32.2 Å². The maximum absolute atomic E-state index is 5.34. The third-order valence-corrected chi connectivity index (χ3v) is 3.79. The molecule has 1 aromatic carbocycles. The van der Waals surface area contributed by atoms with Crippen molar-refractivity contribution in [2.75, 3.05) is 26.3 Å². The molecule has 3 nitrogen and oxygen atoms in total. The zero-order chi connectivity index (χ0) is 11.5. The van der Waals surface area contributed by atoms with Gasteiger partial charge in [-0.05, 0) is 24.3 Å². The summed E-state index contributed by atoms with van der Waals surface area (Å²) >= 11 is 0. The third-order valence-electron chi connectivity index (χ3n) is 3.79. The lowest BCUT2D eigenvalue weighted by Gasteiger charge is -2.40. The fourth-order valence-corrected chi connectivity index (χ4v) is 2.67. The summed E-state index contributed by atoms with van der Waals surface area (Å²) in [6.45, 7) is 3.77. The molecular formula is C14H20N2O. The lowest BCUT2D eigenvalue weighted by Crippen LogP contribution is -2.53. The standard InChI is InChI=1S/C14H20N2O/c1-2-4-12(5-3-1)13-10-14(11-13)15-16-6-8-17-9-7-16/h1-5,13-15H,6-11H2. The van der Waals surface area contributed by atoms with Gasteiger partial charge >= 0.3 is 0 Å². The van der Waals surface area contributed by atoms with Crippen LogP contribution in [-0.2, 0) is 4.74 Å². The lowest BCUT2D eigenvalue weighted by atomic mass is 9.76. The zero-order valence-electron chi connectivity index (χ0n) is 10.1. The molecule has 3 heteroatoms. The Morgan fingerprint density at radius 2 is 1.76 bits per heavy atom. The molecule has 1 aliphatic carbocycles. The van der Waals surface area contributed by atoms with Crippen molar-refractivity contribution in [2.24, 2.45) is 0 Å². The maximum atomic E-state index is 5.34. The average Bonchev–Trinajstić information content (AvgIpc) is 2.36. The molecule has 0 atom stereocenters. The molecule has 0 radical (unpaired) electrons. The van der Waals surface area contributed by atoms with Crippen molar-refractivity contribution in [1.29, 1.82) is 0 Å². The van der Waals surface area contributed by atoms with Gasteiger partial charge in [0, 0.05) is 19.1 Å². The number of rotatable bonds is 3. The first-order valence-corrected chi connectivity index (χ1v) is 6.55. The second kappa shape index (κ2) is 5.17. The number of morpholine rings is 1. The van der Waals surface area contributed by atoms with E-state index in [-0.39, 0.29) is 0 Å². The summed E-state index contributed by atoms with van der Waals surface area (Å²) in [7, 11) is 0. The summed E-state index contributed by atoms with van der Waals surface area (Å²) in [5.41, 5.74) is 5.10. The highest BCUT2D eigenvalue weighted by Gasteiger charge is 2.31. The van der Waals surface area contributed by atoms with E-state index in [0.29, 0.717) is 6.04 Å². The number of benzene rings is 1. The van der Waals surface area contributed by atoms with Crippen LogP contribution in [-0.4, -0.2) is 37.4 Å². The van der Waals surface area contributed by atoms with E-state index in [4.69, 9.17) is 4.74 Å². The third kappa shape index (κ3) is 2.68. The Morgan fingerprint density at radius 3 is 2.47 bits per heavy atom. The highest BCUT2D eigenvalue weighted by molar-refractivity contribution is 5.22. The first-order valence-electron chi connectivity index (χ1n) is 6.55. The molecule has 0 aromatic heterocycles. The van der Waals surface area contributed by atoms with E-state index in [1.807, 2.05) is 0 Å². The molecule has 1 N–H and O–H groups in total.